The van der Waals surface area contributed by atoms with E-state index in [1.807, 2.05) is 18.2 Å². The number of hydrogen-bond acceptors (Lipinski definition) is 3. The Kier molecular flexibility index (Phi) is 5.45. The van der Waals surface area contributed by atoms with Gasteiger partial charge < -0.3 is 10.1 Å². The molecule has 0 spiro atoms. The lowest BCUT2D eigenvalue weighted by Crippen LogP contribution is -2.44. The monoisotopic (exact) mass is 268 g/mol. The molecule has 1 atom stereocenters. The van der Waals surface area contributed by atoms with Crippen LogP contribution in [0.4, 0.5) is 0 Å². The molecule has 100 valence electrons. The SMILES string of the molecule is CC(CN1CCOCC1)NCc1ccccc1Cl. The molecule has 1 fully saturated rings. The molecular weight excluding hydrogens is 248 g/mol. The number of benzene rings is 1. The minimum Gasteiger partial charge on any atom is -0.379 e. The van der Waals surface area contributed by atoms with Gasteiger partial charge in [0.05, 0.1) is 13.2 Å². The first-order valence-corrected chi connectivity index (χ1v) is 6.90. The van der Waals surface area contributed by atoms with Crippen molar-refractivity contribution in [2.75, 3.05) is 32.8 Å². The molecule has 0 aliphatic carbocycles. The van der Waals surface area contributed by atoms with Crippen molar-refractivity contribution in [3.8, 4) is 0 Å². The zero-order chi connectivity index (χ0) is 12.8. The van der Waals surface area contributed by atoms with Crippen molar-refractivity contribution in [3.05, 3.63) is 34.9 Å². The summed E-state index contributed by atoms with van der Waals surface area (Å²) in [5, 5.41) is 4.36. The molecule has 1 saturated heterocycles. The van der Waals surface area contributed by atoms with E-state index in [4.69, 9.17) is 16.3 Å². The highest BCUT2D eigenvalue weighted by Crippen LogP contribution is 2.14. The van der Waals surface area contributed by atoms with Crippen LogP contribution in [0.1, 0.15) is 12.5 Å². The number of ether oxygens (including phenoxy) is 1. The second kappa shape index (κ2) is 7.10. The van der Waals surface area contributed by atoms with E-state index in [1.165, 1.54) is 0 Å². The van der Waals surface area contributed by atoms with Gasteiger partial charge in [-0.1, -0.05) is 29.8 Å². The first kappa shape index (κ1) is 13.8. The van der Waals surface area contributed by atoms with Crippen molar-refractivity contribution < 1.29 is 4.74 Å². The summed E-state index contributed by atoms with van der Waals surface area (Å²) >= 11 is 6.13. The fourth-order valence-corrected chi connectivity index (χ4v) is 2.36. The molecule has 0 radical (unpaired) electrons. The van der Waals surface area contributed by atoms with Crippen LogP contribution in [-0.2, 0) is 11.3 Å². The summed E-state index contributed by atoms with van der Waals surface area (Å²) < 4.78 is 5.35. The van der Waals surface area contributed by atoms with E-state index in [1.54, 1.807) is 0 Å². The maximum absolute atomic E-state index is 6.13. The van der Waals surface area contributed by atoms with Crippen LogP contribution in [0.25, 0.3) is 0 Å². The van der Waals surface area contributed by atoms with Crippen molar-refractivity contribution in [2.45, 2.75) is 19.5 Å². The van der Waals surface area contributed by atoms with Gasteiger partial charge in [0.25, 0.3) is 0 Å². The molecule has 0 saturated carbocycles. The van der Waals surface area contributed by atoms with E-state index < -0.39 is 0 Å². The quantitative estimate of drug-likeness (QED) is 0.886. The van der Waals surface area contributed by atoms with Crippen molar-refractivity contribution in [1.29, 1.82) is 0 Å². The zero-order valence-electron chi connectivity index (χ0n) is 10.9. The van der Waals surface area contributed by atoms with Crippen LogP contribution in [0.2, 0.25) is 5.02 Å². The molecule has 1 aromatic carbocycles. The number of rotatable bonds is 5. The normalized spacial score (nSPS) is 18.8. The minimum atomic E-state index is 0.458. The fraction of sp³-hybridized carbons (Fsp3) is 0.571. The smallest absolute Gasteiger partial charge is 0.0594 e. The fourth-order valence-electron chi connectivity index (χ4n) is 2.16. The first-order chi connectivity index (χ1) is 8.75. The molecule has 1 aromatic rings. The zero-order valence-corrected chi connectivity index (χ0v) is 11.6. The van der Waals surface area contributed by atoms with Gasteiger partial charge in [-0.05, 0) is 18.6 Å². The summed E-state index contributed by atoms with van der Waals surface area (Å²) in [5.41, 5.74) is 1.16. The number of nitrogens with zero attached hydrogens (tertiary/aromatic N) is 1. The van der Waals surface area contributed by atoms with E-state index in [9.17, 15) is 0 Å². The van der Waals surface area contributed by atoms with Crippen molar-refractivity contribution in [3.63, 3.8) is 0 Å². The van der Waals surface area contributed by atoms with Gasteiger partial charge in [-0.25, -0.2) is 0 Å². The summed E-state index contributed by atoms with van der Waals surface area (Å²) in [6.45, 7) is 7.90. The average Bonchev–Trinajstić information content (AvgIpc) is 2.39. The van der Waals surface area contributed by atoms with Crippen molar-refractivity contribution >= 4 is 11.6 Å². The van der Waals surface area contributed by atoms with Crippen LogP contribution >= 0.6 is 11.6 Å². The summed E-state index contributed by atoms with van der Waals surface area (Å²) in [7, 11) is 0. The molecule has 4 heteroatoms. The predicted molar refractivity (Wildman–Crippen MR) is 75.0 cm³/mol. The van der Waals surface area contributed by atoms with Crippen LogP contribution in [-0.4, -0.2) is 43.8 Å². The lowest BCUT2D eigenvalue weighted by molar-refractivity contribution is 0.0343. The lowest BCUT2D eigenvalue weighted by atomic mass is 10.2. The summed E-state index contributed by atoms with van der Waals surface area (Å²) in [5.74, 6) is 0. The molecule has 2 rings (SSSR count). The Morgan fingerprint density at radius 3 is 2.78 bits per heavy atom. The third kappa shape index (κ3) is 4.25. The molecular formula is C14H21ClN2O. The van der Waals surface area contributed by atoms with Gasteiger partial charge >= 0.3 is 0 Å². The van der Waals surface area contributed by atoms with Crippen LogP contribution < -0.4 is 5.32 Å². The van der Waals surface area contributed by atoms with E-state index in [0.717, 1.165) is 50.0 Å². The molecule has 0 aromatic heterocycles. The number of hydrogen-bond donors (Lipinski definition) is 1. The molecule has 1 unspecified atom stereocenters. The topological polar surface area (TPSA) is 24.5 Å². The Bertz CT molecular complexity index is 367. The maximum atomic E-state index is 6.13. The second-order valence-corrected chi connectivity index (χ2v) is 5.19. The van der Waals surface area contributed by atoms with Gasteiger partial charge in [-0.2, -0.15) is 0 Å². The number of nitrogens with one attached hydrogen (secondary N) is 1. The van der Waals surface area contributed by atoms with E-state index in [0.29, 0.717) is 6.04 Å². The largest absolute Gasteiger partial charge is 0.379 e. The summed E-state index contributed by atoms with van der Waals surface area (Å²) in [4.78, 5) is 2.44. The standard InChI is InChI=1S/C14H21ClN2O/c1-12(11-17-6-8-18-9-7-17)16-10-13-4-2-3-5-14(13)15/h2-5,12,16H,6-11H2,1H3. The van der Waals surface area contributed by atoms with E-state index in [-0.39, 0.29) is 0 Å². The molecule has 0 bridgehead atoms. The highest BCUT2D eigenvalue weighted by atomic mass is 35.5. The third-order valence-corrected chi connectivity index (χ3v) is 3.60. The van der Waals surface area contributed by atoms with Gasteiger partial charge in [0.15, 0.2) is 0 Å². The van der Waals surface area contributed by atoms with Gasteiger partial charge in [0, 0.05) is 37.2 Å². The molecule has 1 aliphatic heterocycles. The Balaban J connectivity index is 1.74. The van der Waals surface area contributed by atoms with Crippen LogP contribution in [0.5, 0.6) is 0 Å². The first-order valence-electron chi connectivity index (χ1n) is 6.52. The van der Waals surface area contributed by atoms with Gasteiger partial charge in [0.1, 0.15) is 0 Å². The highest BCUT2D eigenvalue weighted by molar-refractivity contribution is 6.31. The Hall–Kier alpha value is -0.610. The Morgan fingerprint density at radius 2 is 2.06 bits per heavy atom. The minimum absolute atomic E-state index is 0.458. The summed E-state index contributed by atoms with van der Waals surface area (Å²) in [6, 6.07) is 8.44. The van der Waals surface area contributed by atoms with Gasteiger partial charge in [-0.3, -0.25) is 4.90 Å². The third-order valence-electron chi connectivity index (χ3n) is 3.23. The van der Waals surface area contributed by atoms with Crippen LogP contribution in [0, 0.1) is 0 Å². The van der Waals surface area contributed by atoms with E-state index >= 15 is 0 Å². The molecule has 0 amide bonds. The van der Waals surface area contributed by atoms with Gasteiger partial charge in [0.2, 0.25) is 0 Å². The summed E-state index contributed by atoms with van der Waals surface area (Å²) in [6.07, 6.45) is 0. The lowest BCUT2D eigenvalue weighted by Gasteiger charge is -2.29. The van der Waals surface area contributed by atoms with E-state index in [2.05, 4.69) is 23.2 Å². The molecule has 1 aliphatic rings. The predicted octanol–water partition coefficient (Wildman–Crippen LogP) is 2.15. The molecule has 1 heterocycles. The highest BCUT2D eigenvalue weighted by Gasteiger charge is 2.13. The Labute approximate surface area is 114 Å². The Morgan fingerprint density at radius 1 is 1.33 bits per heavy atom. The average molecular weight is 269 g/mol. The van der Waals surface area contributed by atoms with Crippen LogP contribution in [0.15, 0.2) is 24.3 Å². The molecule has 18 heavy (non-hydrogen) atoms. The van der Waals surface area contributed by atoms with Crippen molar-refractivity contribution in [1.82, 2.24) is 10.2 Å². The van der Waals surface area contributed by atoms with Crippen LogP contribution in [0.3, 0.4) is 0 Å². The number of morpholine rings is 1. The maximum Gasteiger partial charge on any atom is 0.0594 e. The molecule has 3 nitrogen and oxygen atoms in total. The second-order valence-electron chi connectivity index (χ2n) is 4.79. The number of halogens is 1. The molecule has 1 N–H and O–H groups in total. The van der Waals surface area contributed by atoms with Crippen molar-refractivity contribution in [2.24, 2.45) is 0 Å². The van der Waals surface area contributed by atoms with Gasteiger partial charge in [-0.15, -0.1) is 0 Å².